The zero-order valence-electron chi connectivity index (χ0n) is 13.2. The van der Waals surface area contributed by atoms with Crippen LogP contribution in [0.25, 0.3) is 0 Å². The van der Waals surface area contributed by atoms with Gasteiger partial charge in [-0.2, -0.15) is 0 Å². The Bertz CT molecular complexity index is 208. The number of ether oxygens (including phenoxy) is 1. The van der Waals surface area contributed by atoms with Crippen LogP contribution < -0.4 is 5.32 Å². The third-order valence-corrected chi connectivity index (χ3v) is 3.79. The first-order chi connectivity index (χ1) is 9.22. The number of rotatable bonds is 10. The highest BCUT2D eigenvalue weighted by molar-refractivity contribution is 4.68. The van der Waals surface area contributed by atoms with Crippen LogP contribution in [0.1, 0.15) is 33.1 Å². The van der Waals surface area contributed by atoms with Crippen LogP contribution in [0, 0.1) is 0 Å². The van der Waals surface area contributed by atoms with Crippen molar-refractivity contribution in [2.45, 2.75) is 39.2 Å². The molecule has 0 spiro atoms. The summed E-state index contributed by atoms with van der Waals surface area (Å²) in [6.07, 6.45) is 3.97. The summed E-state index contributed by atoms with van der Waals surface area (Å²) in [5.74, 6) is 0. The molecule has 1 aliphatic rings. The molecule has 0 aromatic rings. The van der Waals surface area contributed by atoms with E-state index in [1.165, 1.54) is 39.0 Å². The molecule has 0 bridgehead atoms. The number of likely N-dealkylation sites (N-methyl/N-ethyl adjacent to an activating group) is 1. The number of nitrogens with zero attached hydrogens (tertiary/aromatic N) is 2. The molecule has 0 amide bonds. The molecule has 1 unspecified atom stereocenters. The lowest BCUT2D eigenvalue weighted by atomic mass is 10.2. The smallest absolute Gasteiger partial charge is 0.0546 e. The van der Waals surface area contributed by atoms with Gasteiger partial charge >= 0.3 is 0 Å². The van der Waals surface area contributed by atoms with E-state index < -0.39 is 0 Å². The monoisotopic (exact) mass is 271 g/mol. The van der Waals surface area contributed by atoms with E-state index in [0.29, 0.717) is 6.10 Å². The summed E-state index contributed by atoms with van der Waals surface area (Å²) in [6, 6.07) is 0. The van der Waals surface area contributed by atoms with Gasteiger partial charge in [-0.3, -0.25) is 4.90 Å². The van der Waals surface area contributed by atoms with Crippen molar-refractivity contribution in [3.63, 3.8) is 0 Å². The molecule has 1 saturated heterocycles. The van der Waals surface area contributed by atoms with Gasteiger partial charge in [0.2, 0.25) is 0 Å². The van der Waals surface area contributed by atoms with Crippen molar-refractivity contribution in [1.82, 2.24) is 15.1 Å². The van der Waals surface area contributed by atoms with E-state index in [-0.39, 0.29) is 0 Å². The lowest BCUT2D eigenvalue weighted by molar-refractivity contribution is 0.0537. The Balaban J connectivity index is 1.93. The molecule has 4 nitrogen and oxygen atoms in total. The Labute approximate surface area is 119 Å². The molecule has 0 radical (unpaired) electrons. The van der Waals surface area contributed by atoms with Crippen LogP contribution in [0.4, 0.5) is 0 Å². The first kappa shape index (κ1) is 16.9. The van der Waals surface area contributed by atoms with Crippen LogP contribution >= 0.6 is 0 Å². The highest BCUT2D eigenvalue weighted by atomic mass is 16.5. The van der Waals surface area contributed by atoms with Crippen LogP contribution in [0.3, 0.4) is 0 Å². The molecule has 1 heterocycles. The van der Waals surface area contributed by atoms with E-state index in [2.05, 4.69) is 36.0 Å². The van der Waals surface area contributed by atoms with Crippen molar-refractivity contribution < 1.29 is 4.74 Å². The minimum Gasteiger partial charge on any atom is -0.378 e. The summed E-state index contributed by atoms with van der Waals surface area (Å²) < 4.78 is 5.78. The SMILES string of the molecule is CCCC(C)OCCCN(C)CCN1CCNCC1. The van der Waals surface area contributed by atoms with E-state index in [0.717, 1.165) is 32.7 Å². The summed E-state index contributed by atoms with van der Waals surface area (Å²) in [5.41, 5.74) is 0. The van der Waals surface area contributed by atoms with Crippen LogP contribution in [-0.4, -0.2) is 75.4 Å². The maximum Gasteiger partial charge on any atom is 0.0546 e. The predicted octanol–water partition coefficient (Wildman–Crippen LogP) is 1.42. The normalized spacial score (nSPS) is 18.9. The largest absolute Gasteiger partial charge is 0.378 e. The second-order valence-corrected chi connectivity index (χ2v) is 5.72. The van der Waals surface area contributed by atoms with Gasteiger partial charge in [0.15, 0.2) is 0 Å². The van der Waals surface area contributed by atoms with Gasteiger partial charge in [0.05, 0.1) is 6.10 Å². The fourth-order valence-corrected chi connectivity index (χ4v) is 2.47. The molecule has 114 valence electrons. The molecule has 1 atom stereocenters. The molecule has 0 saturated carbocycles. The minimum absolute atomic E-state index is 0.427. The molecular weight excluding hydrogens is 238 g/mol. The Morgan fingerprint density at radius 2 is 2.00 bits per heavy atom. The summed E-state index contributed by atoms with van der Waals surface area (Å²) >= 11 is 0. The number of hydrogen-bond acceptors (Lipinski definition) is 4. The van der Waals surface area contributed by atoms with Gasteiger partial charge in [0.1, 0.15) is 0 Å². The summed E-state index contributed by atoms with van der Waals surface area (Å²) in [6.45, 7) is 13.5. The summed E-state index contributed by atoms with van der Waals surface area (Å²) in [4.78, 5) is 4.97. The molecule has 1 aliphatic heterocycles. The Hall–Kier alpha value is -0.160. The van der Waals surface area contributed by atoms with E-state index in [9.17, 15) is 0 Å². The zero-order valence-corrected chi connectivity index (χ0v) is 13.2. The van der Waals surface area contributed by atoms with E-state index in [1.54, 1.807) is 0 Å². The Kier molecular flexibility index (Phi) is 9.43. The van der Waals surface area contributed by atoms with Crippen molar-refractivity contribution >= 4 is 0 Å². The van der Waals surface area contributed by atoms with Crippen LogP contribution in [0.5, 0.6) is 0 Å². The van der Waals surface area contributed by atoms with Gasteiger partial charge in [0.25, 0.3) is 0 Å². The van der Waals surface area contributed by atoms with Gasteiger partial charge < -0.3 is 15.0 Å². The average Bonchev–Trinajstić information content (AvgIpc) is 2.43. The third-order valence-electron chi connectivity index (χ3n) is 3.79. The molecule has 4 heteroatoms. The first-order valence-corrected chi connectivity index (χ1v) is 7.95. The van der Waals surface area contributed by atoms with Crippen molar-refractivity contribution in [1.29, 1.82) is 0 Å². The van der Waals surface area contributed by atoms with E-state index in [4.69, 9.17) is 4.74 Å². The minimum atomic E-state index is 0.427. The average molecular weight is 271 g/mol. The first-order valence-electron chi connectivity index (χ1n) is 7.95. The highest BCUT2D eigenvalue weighted by Crippen LogP contribution is 2.01. The standard InChI is InChI=1S/C15H33N3O/c1-4-6-15(2)19-14-5-9-17(3)12-13-18-10-7-16-8-11-18/h15-16H,4-14H2,1-3H3. The second kappa shape index (κ2) is 10.6. The fraction of sp³-hybridized carbons (Fsp3) is 1.00. The molecule has 1 rings (SSSR count). The lowest BCUT2D eigenvalue weighted by Gasteiger charge is -2.29. The summed E-state index contributed by atoms with van der Waals surface area (Å²) in [7, 11) is 2.22. The third kappa shape index (κ3) is 8.58. The molecular formula is C15H33N3O. The Morgan fingerprint density at radius 3 is 2.68 bits per heavy atom. The van der Waals surface area contributed by atoms with Crippen molar-refractivity contribution in [3.8, 4) is 0 Å². The van der Waals surface area contributed by atoms with Crippen LogP contribution in [0.2, 0.25) is 0 Å². The van der Waals surface area contributed by atoms with Gasteiger partial charge in [-0.15, -0.1) is 0 Å². The summed E-state index contributed by atoms with van der Waals surface area (Å²) in [5, 5.41) is 3.39. The van der Waals surface area contributed by atoms with E-state index >= 15 is 0 Å². The van der Waals surface area contributed by atoms with Crippen LogP contribution in [0.15, 0.2) is 0 Å². The van der Waals surface area contributed by atoms with Gasteiger partial charge in [-0.05, 0) is 26.8 Å². The van der Waals surface area contributed by atoms with Gasteiger partial charge in [0, 0.05) is 52.4 Å². The molecule has 0 aromatic carbocycles. The molecule has 1 fully saturated rings. The molecule has 1 N–H and O–H groups in total. The van der Waals surface area contributed by atoms with E-state index in [1.807, 2.05) is 0 Å². The van der Waals surface area contributed by atoms with Gasteiger partial charge in [-0.1, -0.05) is 13.3 Å². The van der Waals surface area contributed by atoms with Crippen molar-refractivity contribution in [2.24, 2.45) is 0 Å². The molecule has 0 aliphatic carbocycles. The number of piperazine rings is 1. The maximum absolute atomic E-state index is 5.78. The number of nitrogens with one attached hydrogen (secondary N) is 1. The van der Waals surface area contributed by atoms with Gasteiger partial charge in [-0.25, -0.2) is 0 Å². The van der Waals surface area contributed by atoms with Crippen LogP contribution in [-0.2, 0) is 4.74 Å². The lowest BCUT2D eigenvalue weighted by Crippen LogP contribution is -2.46. The maximum atomic E-state index is 5.78. The quantitative estimate of drug-likeness (QED) is 0.608. The fourth-order valence-electron chi connectivity index (χ4n) is 2.47. The predicted molar refractivity (Wildman–Crippen MR) is 81.7 cm³/mol. The zero-order chi connectivity index (χ0) is 13.9. The number of hydrogen-bond donors (Lipinski definition) is 1. The highest BCUT2D eigenvalue weighted by Gasteiger charge is 2.09. The second-order valence-electron chi connectivity index (χ2n) is 5.72. The molecule has 19 heavy (non-hydrogen) atoms. The topological polar surface area (TPSA) is 27.7 Å². The van der Waals surface area contributed by atoms with Crippen molar-refractivity contribution in [2.75, 3.05) is 59.5 Å². The van der Waals surface area contributed by atoms with Crippen molar-refractivity contribution in [3.05, 3.63) is 0 Å². The Morgan fingerprint density at radius 1 is 1.26 bits per heavy atom. The molecule has 0 aromatic heterocycles.